The van der Waals surface area contributed by atoms with E-state index in [0.29, 0.717) is 17.5 Å². The molecule has 1 aliphatic carbocycles. The number of fused-ring (bicyclic) bond motifs is 1. The molecule has 0 atom stereocenters. The van der Waals surface area contributed by atoms with E-state index in [4.69, 9.17) is 4.98 Å². The molecule has 162 valence electrons. The van der Waals surface area contributed by atoms with Crippen LogP contribution >= 0.6 is 15.9 Å². The van der Waals surface area contributed by atoms with Gasteiger partial charge < -0.3 is 15.5 Å². The molecule has 0 unspecified atom stereocenters. The van der Waals surface area contributed by atoms with E-state index in [1.54, 1.807) is 0 Å². The summed E-state index contributed by atoms with van der Waals surface area (Å²) in [6, 6.07) is 18.4. The van der Waals surface area contributed by atoms with E-state index in [1.807, 2.05) is 30.3 Å². The number of hydrogen-bond acceptors (Lipinski definition) is 4. The maximum atomic E-state index is 12.4. The zero-order valence-electron chi connectivity index (χ0n) is 18.1. The normalized spacial score (nSPS) is 18.5. The number of nitrogens with one attached hydrogen (secondary N) is 2. The minimum absolute atomic E-state index is 0.00991. The first-order valence-electron chi connectivity index (χ1n) is 10.9. The van der Waals surface area contributed by atoms with Crippen LogP contribution in [0.15, 0.2) is 59.1 Å². The van der Waals surface area contributed by atoms with E-state index in [9.17, 15) is 4.79 Å². The number of benzene rings is 2. The molecule has 1 aromatic heterocycles. The summed E-state index contributed by atoms with van der Waals surface area (Å²) >= 11 is 3.45. The zero-order chi connectivity index (χ0) is 21.8. The lowest BCUT2D eigenvalue weighted by Crippen LogP contribution is -2.34. The Kier molecular flexibility index (Phi) is 6.76. The summed E-state index contributed by atoms with van der Waals surface area (Å²) in [7, 11) is 4.14. The van der Waals surface area contributed by atoms with Gasteiger partial charge in [-0.1, -0.05) is 30.3 Å². The second kappa shape index (κ2) is 9.69. The lowest BCUT2D eigenvalue weighted by Gasteiger charge is -2.30. The highest BCUT2D eigenvalue weighted by atomic mass is 79.9. The van der Waals surface area contributed by atoms with Gasteiger partial charge in [-0.15, -0.1) is 0 Å². The van der Waals surface area contributed by atoms with E-state index in [0.717, 1.165) is 48.0 Å². The maximum Gasteiger partial charge on any atom is 0.252 e. The number of para-hydroxylation sites is 1. The van der Waals surface area contributed by atoms with Gasteiger partial charge >= 0.3 is 0 Å². The van der Waals surface area contributed by atoms with Gasteiger partial charge in [-0.05, 0) is 65.7 Å². The van der Waals surface area contributed by atoms with E-state index < -0.39 is 0 Å². The van der Waals surface area contributed by atoms with Gasteiger partial charge in [-0.2, -0.15) is 0 Å². The number of hydrogen-bond donors (Lipinski definition) is 2. The van der Waals surface area contributed by atoms with Crippen LogP contribution in [0, 0.1) is 5.92 Å². The van der Waals surface area contributed by atoms with Crippen molar-refractivity contribution in [2.45, 2.75) is 31.7 Å². The number of amides is 1. The molecule has 1 amide bonds. The molecule has 0 radical (unpaired) electrons. The molecular weight excluding hydrogens is 452 g/mol. The van der Waals surface area contributed by atoms with Crippen LogP contribution < -0.4 is 15.5 Å². The fourth-order valence-corrected chi connectivity index (χ4v) is 4.76. The average molecular weight is 481 g/mol. The standard InChI is InChI=1S/C25H29BrN4O/c1-30(2)23-15-24(29-22-10-6-4-8-20(22)23)28-18-13-11-17(12-14-18)16-27-25(31)19-7-3-5-9-21(19)26/h3-10,15,17-18H,11-14,16H2,1-2H3,(H,27,31)(H,28,29). The Morgan fingerprint density at radius 3 is 2.52 bits per heavy atom. The van der Waals surface area contributed by atoms with Crippen molar-refractivity contribution < 1.29 is 4.79 Å². The molecule has 1 aliphatic rings. The predicted molar refractivity (Wildman–Crippen MR) is 132 cm³/mol. The number of halogens is 1. The first-order valence-corrected chi connectivity index (χ1v) is 11.7. The van der Waals surface area contributed by atoms with E-state index in [2.05, 4.69) is 69.8 Å². The third kappa shape index (κ3) is 5.18. The van der Waals surface area contributed by atoms with Crippen molar-refractivity contribution in [2.24, 2.45) is 5.92 Å². The summed E-state index contributed by atoms with van der Waals surface area (Å²) in [5.41, 5.74) is 2.88. The summed E-state index contributed by atoms with van der Waals surface area (Å²) < 4.78 is 0.834. The van der Waals surface area contributed by atoms with Gasteiger partial charge in [0.25, 0.3) is 5.91 Å². The molecule has 1 heterocycles. The van der Waals surface area contributed by atoms with Gasteiger partial charge in [-0.25, -0.2) is 4.98 Å². The highest BCUT2D eigenvalue weighted by Gasteiger charge is 2.22. The Balaban J connectivity index is 1.32. The molecule has 2 aromatic carbocycles. The van der Waals surface area contributed by atoms with Gasteiger partial charge in [0.05, 0.1) is 11.1 Å². The molecule has 0 bridgehead atoms. The maximum absolute atomic E-state index is 12.4. The quantitative estimate of drug-likeness (QED) is 0.491. The molecule has 3 aromatic rings. The number of aromatic nitrogens is 1. The van der Waals surface area contributed by atoms with Crippen molar-refractivity contribution >= 4 is 44.2 Å². The monoisotopic (exact) mass is 480 g/mol. The van der Waals surface area contributed by atoms with Crippen LogP contribution in [0.3, 0.4) is 0 Å². The number of anilines is 2. The summed E-state index contributed by atoms with van der Waals surface area (Å²) in [5, 5.41) is 7.93. The van der Waals surface area contributed by atoms with Crippen molar-refractivity contribution in [3.63, 3.8) is 0 Å². The molecule has 1 fully saturated rings. The largest absolute Gasteiger partial charge is 0.377 e. The Morgan fingerprint density at radius 1 is 1.06 bits per heavy atom. The number of carbonyl (C=O) groups excluding carboxylic acids is 1. The molecule has 6 heteroatoms. The smallest absolute Gasteiger partial charge is 0.252 e. The molecular formula is C25H29BrN4O. The highest BCUT2D eigenvalue weighted by Crippen LogP contribution is 2.30. The van der Waals surface area contributed by atoms with Gasteiger partial charge in [0, 0.05) is 48.3 Å². The summed E-state index contributed by atoms with van der Waals surface area (Å²) in [6.07, 6.45) is 4.37. The first-order chi connectivity index (χ1) is 15.0. The third-order valence-electron chi connectivity index (χ3n) is 6.04. The fourth-order valence-electron chi connectivity index (χ4n) is 4.30. The van der Waals surface area contributed by atoms with Crippen LogP contribution in [0.4, 0.5) is 11.5 Å². The van der Waals surface area contributed by atoms with E-state index in [1.165, 1.54) is 11.1 Å². The van der Waals surface area contributed by atoms with Crippen LogP contribution in [-0.2, 0) is 0 Å². The summed E-state index contributed by atoms with van der Waals surface area (Å²) in [4.78, 5) is 19.4. The molecule has 2 N–H and O–H groups in total. The Hall–Kier alpha value is -2.60. The third-order valence-corrected chi connectivity index (χ3v) is 6.74. The number of carbonyl (C=O) groups is 1. The lowest BCUT2D eigenvalue weighted by atomic mass is 9.86. The van der Waals surface area contributed by atoms with Gasteiger partial charge in [0.15, 0.2) is 0 Å². The lowest BCUT2D eigenvalue weighted by molar-refractivity contribution is 0.0942. The SMILES string of the molecule is CN(C)c1cc(NC2CCC(CNC(=O)c3ccccc3Br)CC2)nc2ccccc12. The minimum Gasteiger partial charge on any atom is -0.377 e. The molecule has 0 aliphatic heterocycles. The van der Waals surface area contributed by atoms with Crippen molar-refractivity contribution in [3.05, 3.63) is 64.6 Å². The summed E-state index contributed by atoms with van der Waals surface area (Å²) in [6.45, 7) is 0.728. The molecule has 0 saturated heterocycles. The Morgan fingerprint density at radius 2 is 1.77 bits per heavy atom. The number of nitrogens with zero attached hydrogens (tertiary/aromatic N) is 2. The van der Waals surface area contributed by atoms with Crippen molar-refractivity contribution in [1.82, 2.24) is 10.3 Å². The highest BCUT2D eigenvalue weighted by molar-refractivity contribution is 9.10. The van der Waals surface area contributed by atoms with Gasteiger partial charge in [-0.3, -0.25) is 4.79 Å². The van der Waals surface area contributed by atoms with Crippen LogP contribution in [-0.4, -0.2) is 37.6 Å². The molecule has 5 nitrogen and oxygen atoms in total. The number of pyridine rings is 1. The molecule has 4 rings (SSSR count). The number of rotatable bonds is 6. The molecule has 0 spiro atoms. The second-order valence-corrected chi connectivity index (χ2v) is 9.34. The van der Waals surface area contributed by atoms with Crippen LogP contribution in [0.25, 0.3) is 10.9 Å². The van der Waals surface area contributed by atoms with E-state index >= 15 is 0 Å². The topological polar surface area (TPSA) is 57.3 Å². The van der Waals surface area contributed by atoms with Crippen LogP contribution in [0.2, 0.25) is 0 Å². The molecule has 31 heavy (non-hydrogen) atoms. The summed E-state index contributed by atoms with van der Waals surface area (Å²) in [5.74, 6) is 1.45. The van der Waals surface area contributed by atoms with Crippen molar-refractivity contribution in [2.75, 3.05) is 30.9 Å². The minimum atomic E-state index is -0.00991. The van der Waals surface area contributed by atoms with Gasteiger partial charge in [0.2, 0.25) is 0 Å². The first kappa shape index (κ1) is 21.6. The average Bonchev–Trinajstić information content (AvgIpc) is 2.78. The van der Waals surface area contributed by atoms with Crippen molar-refractivity contribution in [3.8, 4) is 0 Å². The molecule has 1 saturated carbocycles. The second-order valence-electron chi connectivity index (χ2n) is 8.49. The predicted octanol–water partition coefficient (Wildman–Crippen LogP) is 5.46. The van der Waals surface area contributed by atoms with Gasteiger partial charge in [0.1, 0.15) is 5.82 Å². The van der Waals surface area contributed by atoms with Crippen LogP contribution in [0.5, 0.6) is 0 Å². The Bertz CT molecular complexity index is 1060. The zero-order valence-corrected chi connectivity index (χ0v) is 19.7. The Labute approximate surface area is 192 Å². The van der Waals surface area contributed by atoms with Crippen molar-refractivity contribution in [1.29, 1.82) is 0 Å². The fraction of sp³-hybridized carbons (Fsp3) is 0.360. The van der Waals surface area contributed by atoms with E-state index in [-0.39, 0.29) is 5.91 Å². The van der Waals surface area contributed by atoms with Crippen LogP contribution in [0.1, 0.15) is 36.0 Å².